The Morgan fingerprint density at radius 2 is 1.00 bits per heavy atom. The number of hydrogen-bond acceptors (Lipinski definition) is 5. The number of hydrogen-bond donors (Lipinski definition) is 0. The molecule has 0 amide bonds. The summed E-state index contributed by atoms with van der Waals surface area (Å²) in [5.41, 5.74) is 1.88. The Bertz CT molecular complexity index is 700. The zero-order valence-electron chi connectivity index (χ0n) is 14.1. The third kappa shape index (κ3) is 4.07. The van der Waals surface area contributed by atoms with Crippen LogP contribution in [-0.4, -0.2) is 23.5 Å². The van der Waals surface area contributed by atoms with Gasteiger partial charge in [-0.15, -0.1) is 0 Å². The SMILES string of the molecule is CCC.O=C1CC(=O)c2ccccc21.O=C1OC(=O)c2ccccc21. The van der Waals surface area contributed by atoms with Crippen molar-refractivity contribution < 1.29 is 23.9 Å². The first-order valence-corrected chi connectivity index (χ1v) is 8.00. The molecule has 1 heterocycles. The largest absolute Gasteiger partial charge is 0.386 e. The summed E-state index contributed by atoms with van der Waals surface area (Å²) in [7, 11) is 0. The van der Waals surface area contributed by atoms with Crippen molar-refractivity contribution in [2.45, 2.75) is 26.7 Å². The fraction of sp³-hybridized carbons (Fsp3) is 0.200. The zero-order valence-corrected chi connectivity index (χ0v) is 14.1. The summed E-state index contributed by atoms with van der Waals surface area (Å²) in [6.07, 6.45) is 1.30. The molecule has 0 spiro atoms. The number of esters is 2. The van der Waals surface area contributed by atoms with Gasteiger partial charge in [-0.2, -0.15) is 0 Å². The number of rotatable bonds is 0. The molecule has 0 fully saturated rings. The second-order valence-corrected chi connectivity index (χ2v) is 5.50. The normalized spacial score (nSPS) is 13.8. The summed E-state index contributed by atoms with van der Waals surface area (Å²) in [6.45, 7) is 4.25. The van der Waals surface area contributed by atoms with Gasteiger partial charge < -0.3 is 4.74 Å². The van der Waals surface area contributed by atoms with Gasteiger partial charge in [-0.25, -0.2) is 9.59 Å². The van der Waals surface area contributed by atoms with E-state index in [9.17, 15) is 19.2 Å². The number of ketones is 2. The van der Waals surface area contributed by atoms with Gasteiger partial charge in [0.2, 0.25) is 0 Å². The Labute approximate surface area is 145 Å². The second kappa shape index (κ2) is 8.15. The monoisotopic (exact) mass is 338 g/mol. The van der Waals surface area contributed by atoms with Gasteiger partial charge in [-0.1, -0.05) is 56.7 Å². The van der Waals surface area contributed by atoms with E-state index in [2.05, 4.69) is 18.6 Å². The Kier molecular flexibility index (Phi) is 5.95. The van der Waals surface area contributed by atoms with Crippen LogP contribution in [0.3, 0.4) is 0 Å². The van der Waals surface area contributed by atoms with Gasteiger partial charge >= 0.3 is 11.9 Å². The van der Waals surface area contributed by atoms with E-state index in [1.165, 1.54) is 6.42 Å². The first-order valence-electron chi connectivity index (χ1n) is 8.00. The van der Waals surface area contributed by atoms with Crippen LogP contribution in [-0.2, 0) is 4.74 Å². The third-order valence-electron chi connectivity index (χ3n) is 3.40. The predicted molar refractivity (Wildman–Crippen MR) is 91.9 cm³/mol. The van der Waals surface area contributed by atoms with E-state index in [1.807, 2.05) is 0 Å². The lowest BCUT2D eigenvalue weighted by Crippen LogP contribution is -1.96. The second-order valence-electron chi connectivity index (χ2n) is 5.50. The first-order chi connectivity index (χ1) is 12.0. The van der Waals surface area contributed by atoms with E-state index in [4.69, 9.17) is 0 Å². The lowest BCUT2D eigenvalue weighted by Gasteiger charge is -1.90. The lowest BCUT2D eigenvalue weighted by atomic mass is 10.1. The van der Waals surface area contributed by atoms with Gasteiger partial charge in [0.05, 0.1) is 17.5 Å². The molecule has 25 heavy (non-hydrogen) atoms. The number of fused-ring (bicyclic) bond motifs is 2. The van der Waals surface area contributed by atoms with Crippen LogP contribution in [0, 0.1) is 0 Å². The van der Waals surface area contributed by atoms with Crippen molar-refractivity contribution >= 4 is 23.5 Å². The Balaban J connectivity index is 0.000000156. The summed E-state index contributed by atoms with van der Waals surface area (Å²) in [5, 5.41) is 0. The lowest BCUT2D eigenvalue weighted by molar-refractivity contribution is 0.0443. The highest BCUT2D eigenvalue weighted by atomic mass is 16.6. The highest BCUT2D eigenvalue weighted by molar-refractivity contribution is 6.24. The Hall–Kier alpha value is -3.08. The number of ether oxygens (including phenoxy) is 1. The average Bonchev–Trinajstić information content (AvgIpc) is 3.06. The molecule has 0 saturated heterocycles. The Morgan fingerprint density at radius 1 is 0.680 bits per heavy atom. The van der Waals surface area contributed by atoms with Crippen molar-refractivity contribution in [1.29, 1.82) is 0 Å². The summed E-state index contributed by atoms with van der Waals surface area (Å²) in [5.74, 6) is -1.20. The molecule has 0 aromatic heterocycles. The van der Waals surface area contributed by atoms with Gasteiger partial charge in [0.15, 0.2) is 11.6 Å². The molecule has 0 saturated carbocycles. The maximum Gasteiger partial charge on any atom is 0.346 e. The third-order valence-corrected chi connectivity index (χ3v) is 3.40. The number of cyclic esters (lactones) is 2. The summed E-state index contributed by atoms with van der Waals surface area (Å²) >= 11 is 0. The first kappa shape index (κ1) is 18.3. The number of benzene rings is 2. The molecule has 0 bridgehead atoms. The van der Waals surface area contributed by atoms with Crippen LogP contribution in [0.1, 0.15) is 68.1 Å². The molecule has 5 heteroatoms. The maximum absolute atomic E-state index is 11.1. The molecule has 0 N–H and O–H groups in total. The molecular formula is C20H18O5. The zero-order chi connectivity index (χ0) is 18.4. The molecule has 0 radical (unpaired) electrons. The van der Waals surface area contributed by atoms with Gasteiger partial charge in [-0.05, 0) is 12.1 Å². The fourth-order valence-corrected chi connectivity index (χ4v) is 2.34. The van der Waals surface area contributed by atoms with E-state index in [1.54, 1.807) is 48.5 Å². The average molecular weight is 338 g/mol. The van der Waals surface area contributed by atoms with Crippen LogP contribution in [0.25, 0.3) is 0 Å². The van der Waals surface area contributed by atoms with Crippen molar-refractivity contribution in [2.24, 2.45) is 0 Å². The quantitative estimate of drug-likeness (QED) is 0.538. The van der Waals surface area contributed by atoms with Crippen LogP contribution in [0.4, 0.5) is 0 Å². The molecular weight excluding hydrogens is 320 g/mol. The van der Waals surface area contributed by atoms with Crippen molar-refractivity contribution in [3.63, 3.8) is 0 Å². The number of carbonyl (C=O) groups is 4. The van der Waals surface area contributed by atoms with Crippen LogP contribution >= 0.6 is 0 Å². The van der Waals surface area contributed by atoms with E-state index < -0.39 is 11.9 Å². The summed E-state index contributed by atoms with van der Waals surface area (Å²) in [6, 6.07) is 13.5. The van der Waals surface area contributed by atoms with Gasteiger partial charge in [-0.3, -0.25) is 9.59 Å². The Morgan fingerprint density at radius 3 is 1.36 bits per heavy atom. The minimum atomic E-state index is -0.550. The standard InChI is InChI=1S/C9H6O2.C8H4O3.C3H8/c10-8-5-9(11)7-4-2-1-3-6(7)8;9-7-5-3-1-2-4-6(5)8(10)11-7;1-3-2/h1-4H,5H2;1-4H;3H2,1-2H3. The highest BCUT2D eigenvalue weighted by Gasteiger charge is 2.28. The van der Waals surface area contributed by atoms with Crippen molar-refractivity contribution in [3.05, 3.63) is 70.8 Å². The minimum Gasteiger partial charge on any atom is -0.386 e. The molecule has 128 valence electrons. The molecule has 2 aromatic carbocycles. The molecule has 2 aliphatic rings. The minimum absolute atomic E-state index is 0.0504. The fourth-order valence-electron chi connectivity index (χ4n) is 2.34. The summed E-state index contributed by atoms with van der Waals surface area (Å²) in [4.78, 5) is 43.8. The maximum atomic E-state index is 11.1. The van der Waals surface area contributed by atoms with Crippen LogP contribution in [0.15, 0.2) is 48.5 Å². The van der Waals surface area contributed by atoms with E-state index in [0.29, 0.717) is 22.3 Å². The van der Waals surface area contributed by atoms with Crippen LogP contribution in [0.2, 0.25) is 0 Å². The molecule has 5 nitrogen and oxygen atoms in total. The smallest absolute Gasteiger partial charge is 0.346 e. The molecule has 2 aromatic rings. The van der Waals surface area contributed by atoms with E-state index in [0.717, 1.165) is 0 Å². The van der Waals surface area contributed by atoms with Gasteiger partial charge in [0.25, 0.3) is 0 Å². The van der Waals surface area contributed by atoms with Crippen LogP contribution in [0.5, 0.6) is 0 Å². The molecule has 4 rings (SSSR count). The molecule has 1 aliphatic carbocycles. The number of Topliss-reactive ketones (excluding diaryl/α,β-unsaturated/α-hetero) is 2. The number of carbonyl (C=O) groups excluding carboxylic acids is 4. The van der Waals surface area contributed by atoms with Crippen LogP contribution < -0.4 is 0 Å². The molecule has 0 unspecified atom stereocenters. The van der Waals surface area contributed by atoms with Gasteiger partial charge in [0.1, 0.15) is 0 Å². The molecule has 1 aliphatic heterocycles. The topological polar surface area (TPSA) is 77.5 Å². The predicted octanol–water partition coefficient (Wildman–Crippen LogP) is 3.87. The van der Waals surface area contributed by atoms with Crippen molar-refractivity contribution in [1.82, 2.24) is 0 Å². The summed E-state index contributed by atoms with van der Waals surface area (Å²) < 4.78 is 4.35. The van der Waals surface area contributed by atoms with Gasteiger partial charge in [0, 0.05) is 11.1 Å². The van der Waals surface area contributed by atoms with E-state index >= 15 is 0 Å². The van der Waals surface area contributed by atoms with Crippen molar-refractivity contribution in [3.8, 4) is 0 Å². The van der Waals surface area contributed by atoms with E-state index in [-0.39, 0.29) is 18.0 Å². The highest BCUT2D eigenvalue weighted by Crippen LogP contribution is 2.20. The van der Waals surface area contributed by atoms with Crippen molar-refractivity contribution in [2.75, 3.05) is 0 Å². The molecule has 0 atom stereocenters.